The van der Waals surface area contributed by atoms with Gasteiger partial charge in [0.2, 0.25) is 0 Å². The molecule has 1 aliphatic carbocycles. The van der Waals surface area contributed by atoms with Gasteiger partial charge in [0.15, 0.2) is 0 Å². The van der Waals surface area contributed by atoms with Gasteiger partial charge >= 0.3 is 0 Å². The van der Waals surface area contributed by atoms with E-state index in [9.17, 15) is 9.59 Å². The minimum absolute atomic E-state index is 0.109. The normalized spacial score (nSPS) is 28.7. The van der Waals surface area contributed by atoms with Crippen LogP contribution in [0.15, 0.2) is 0 Å². The fourth-order valence-corrected chi connectivity index (χ4v) is 0.995. The highest BCUT2D eigenvalue weighted by molar-refractivity contribution is 6.27. The van der Waals surface area contributed by atoms with Crippen LogP contribution in [-0.4, -0.2) is 19.4 Å². The van der Waals surface area contributed by atoms with Gasteiger partial charge in [0.05, 0.1) is 6.42 Å². The lowest BCUT2D eigenvalue weighted by Gasteiger charge is -2.13. The zero-order chi connectivity index (χ0) is 6.85. The summed E-state index contributed by atoms with van der Waals surface area (Å²) in [5, 5.41) is 0. The molecule has 3 heteroatoms. The van der Waals surface area contributed by atoms with E-state index >= 15 is 0 Å². The summed E-state index contributed by atoms with van der Waals surface area (Å²) < 4.78 is 0. The Morgan fingerprint density at radius 1 is 1.44 bits per heavy atom. The van der Waals surface area contributed by atoms with Gasteiger partial charge in [0.25, 0.3) is 0 Å². The highest BCUT2D eigenvalue weighted by Gasteiger charge is 2.22. The molecule has 9 heavy (non-hydrogen) atoms. The summed E-state index contributed by atoms with van der Waals surface area (Å²) in [6, 6.07) is 0. The molecule has 2 nitrogen and oxygen atoms in total. The number of hydrogen-bond donors (Lipinski definition) is 0. The van der Waals surface area contributed by atoms with Crippen molar-refractivity contribution >= 4 is 19.4 Å². The molecule has 0 bridgehead atoms. The zero-order valence-electron chi connectivity index (χ0n) is 5.52. The monoisotopic (exact) mass is 124 g/mol. The summed E-state index contributed by atoms with van der Waals surface area (Å²) in [5.41, 5.74) is 0. The maximum atomic E-state index is 10.8. The molecular formula is C6H9BO2. The topological polar surface area (TPSA) is 34.1 Å². The largest absolute Gasteiger partial charge is 0.300 e. The third-order valence-corrected chi connectivity index (χ3v) is 1.78. The molecule has 1 atom stereocenters. The first-order chi connectivity index (χ1) is 4.20. The van der Waals surface area contributed by atoms with Gasteiger partial charge in [-0.3, -0.25) is 9.59 Å². The minimum atomic E-state index is 0.109. The third-order valence-electron chi connectivity index (χ3n) is 1.78. The van der Waals surface area contributed by atoms with Crippen LogP contribution in [0.5, 0.6) is 0 Å². The minimum Gasteiger partial charge on any atom is -0.300 e. The van der Waals surface area contributed by atoms with Gasteiger partial charge in [-0.1, -0.05) is 0 Å². The van der Waals surface area contributed by atoms with Crippen LogP contribution in [0.4, 0.5) is 0 Å². The van der Waals surface area contributed by atoms with E-state index in [0.29, 0.717) is 6.42 Å². The van der Waals surface area contributed by atoms with Crippen molar-refractivity contribution in [2.75, 3.05) is 0 Å². The standard InChI is InChI=1S/C6H9BO2/c7-5-2-1-4(8)3-6(5)9/h5H,1-3,7H2/t5-/m1/s1. The van der Waals surface area contributed by atoms with Crippen molar-refractivity contribution in [1.82, 2.24) is 0 Å². The first-order valence-electron chi connectivity index (χ1n) is 3.24. The summed E-state index contributed by atoms with van der Waals surface area (Å²) in [6.07, 6.45) is 1.55. The highest BCUT2D eigenvalue weighted by atomic mass is 16.1. The molecule has 0 unspecified atom stereocenters. The van der Waals surface area contributed by atoms with E-state index in [4.69, 9.17) is 0 Å². The Morgan fingerprint density at radius 2 is 2.11 bits per heavy atom. The van der Waals surface area contributed by atoms with E-state index in [-0.39, 0.29) is 23.8 Å². The van der Waals surface area contributed by atoms with Gasteiger partial charge in [-0.25, -0.2) is 0 Å². The van der Waals surface area contributed by atoms with Crippen LogP contribution in [0, 0.1) is 0 Å². The number of rotatable bonds is 0. The molecule has 1 saturated carbocycles. The Morgan fingerprint density at radius 3 is 2.56 bits per heavy atom. The Hall–Kier alpha value is -0.595. The lowest BCUT2D eigenvalue weighted by Crippen LogP contribution is -2.20. The van der Waals surface area contributed by atoms with E-state index in [2.05, 4.69) is 0 Å². The molecule has 0 aromatic heterocycles. The summed E-state index contributed by atoms with van der Waals surface area (Å²) in [4.78, 5) is 21.4. The first-order valence-corrected chi connectivity index (χ1v) is 3.24. The van der Waals surface area contributed by atoms with Crippen molar-refractivity contribution in [2.24, 2.45) is 0 Å². The fourth-order valence-electron chi connectivity index (χ4n) is 0.995. The van der Waals surface area contributed by atoms with E-state index < -0.39 is 0 Å². The molecule has 0 aliphatic heterocycles. The Kier molecular flexibility index (Phi) is 1.69. The second-order valence-corrected chi connectivity index (χ2v) is 2.62. The smallest absolute Gasteiger partial charge is 0.140 e. The van der Waals surface area contributed by atoms with Crippen molar-refractivity contribution in [3.8, 4) is 0 Å². The molecule has 1 rings (SSSR count). The van der Waals surface area contributed by atoms with Gasteiger partial charge in [0.1, 0.15) is 19.4 Å². The molecule has 0 heterocycles. The molecular weight excluding hydrogens is 115 g/mol. The quantitative estimate of drug-likeness (QED) is 0.329. The summed E-state index contributed by atoms with van der Waals surface area (Å²) in [6.45, 7) is 0. The molecule has 0 aromatic carbocycles. The summed E-state index contributed by atoms with van der Waals surface area (Å²) in [5.74, 6) is 0.354. The third kappa shape index (κ3) is 1.41. The van der Waals surface area contributed by atoms with Crippen molar-refractivity contribution < 1.29 is 9.59 Å². The van der Waals surface area contributed by atoms with Crippen molar-refractivity contribution in [3.05, 3.63) is 0 Å². The maximum Gasteiger partial charge on any atom is 0.140 e. The van der Waals surface area contributed by atoms with Crippen LogP contribution in [0.3, 0.4) is 0 Å². The Labute approximate surface area is 55.0 Å². The summed E-state index contributed by atoms with van der Waals surface area (Å²) >= 11 is 0. The number of Topliss-reactive ketones (excluding diaryl/α,β-unsaturated/α-hetero) is 2. The average molecular weight is 124 g/mol. The predicted octanol–water partition coefficient (Wildman–Crippen LogP) is -0.270. The van der Waals surface area contributed by atoms with Gasteiger partial charge in [-0.15, -0.1) is 0 Å². The number of hydrogen-bond acceptors (Lipinski definition) is 2. The number of carbonyl (C=O) groups excluding carboxylic acids is 2. The van der Waals surface area contributed by atoms with Crippen LogP contribution in [-0.2, 0) is 9.59 Å². The second-order valence-electron chi connectivity index (χ2n) is 2.62. The Balaban J connectivity index is 2.54. The molecule has 0 spiro atoms. The Bertz CT molecular complexity index is 153. The van der Waals surface area contributed by atoms with Crippen LogP contribution >= 0.6 is 0 Å². The second kappa shape index (κ2) is 2.34. The van der Waals surface area contributed by atoms with Crippen molar-refractivity contribution in [2.45, 2.75) is 25.1 Å². The van der Waals surface area contributed by atoms with E-state index in [1.54, 1.807) is 0 Å². The lowest BCUT2D eigenvalue weighted by molar-refractivity contribution is -0.129. The van der Waals surface area contributed by atoms with Crippen LogP contribution < -0.4 is 0 Å². The van der Waals surface area contributed by atoms with E-state index in [0.717, 1.165) is 6.42 Å². The number of carbonyl (C=O) groups is 2. The van der Waals surface area contributed by atoms with Crippen LogP contribution in [0.2, 0.25) is 5.82 Å². The first kappa shape index (κ1) is 6.52. The molecule has 48 valence electrons. The lowest BCUT2D eigenvalue weighted by atomic mass is 9.74. The molecule has 0 amide bonds. The van der Waals surface area contributed by atoms with E-state index in [1.807, 2.05) is 7.85 Å². The van der Waals surface area contributed by atoms with E-state index in [1.165, 1.54) is 0 Å². The maximum absolute atomic E-state index is 10.8. The molecule has 0 aromatic rings. The number of ketones is 2. The van der Waals surface area contributed by atoms with Gasteiger partial charge in [-0.2, -0.15) is 0 Å². The molecule has 0 saturated heterocycles. The summed E-state index contributed by atoms with van der Waals surface area (Å²) in [7, 11) is 1.88. The predicted molar refractivity (Wildman–Crippen MR) is 36.2 cm³/mol. The van der Waals surface area contributed by atoms with Gasteiger partial charge in [-0.05, 0) is 12.2 Å². The molecule has 1 aliphatic rings. The molecule has 0 N–H and O–H groups in total. The molecule has 0 radical (unpaired) electrons. The van der Waals surface area contributed by atoms with Crippen molar-refractivity contribution in [1.29, 1.82) is 0 Å². The van der Waals surface area contributed by atoms with Crippen LogP contribution in [0.25, 0.3) is 0 Å². The average Bonchev–Trinajstić information content (AvgIpc) is 1.80. The molecule has 1 fully saturated rings. The van der Waals surface area contributed by atoms with Crippen molar-refractivity contribution in [3.63, 3.8) is 0 Å². The highest BCUT2D eigenvalue weighted by Crippen LogP contribution is 2.19. The van der Waals surface area contributed by atoms with Gasteiger partial charge < -0.3 is 0 Å². The SMILES string of the molecule is B[C@@H]1CCC(=O)CC1=O. The van der Waals surface area contributed by atoms with Gasteiger partial charge in [0, 0.05) is 6.42 Å². The zero-order valence-corrected chi connectivity index (χ0v) is 5.52. The van der Waals surface area contributed by atoms with Crippen LogP contribution in [0.1, 0.15) is 19.3 Å². The fraction of sp³-hybridized carbons (Fsp3) is 0.667.